The molecule has 0 atom stereocenters. The summed E-state index contributed by atoms with van der Waals surface area (Å²) in [4.78, 5) is 4.28. The van der Waals surface area contributed by atoms with Crippen molar-refractivity contribution in [1.82, 2.24) is 10.1 Å². The lowest BCUT2D eigenvalue weighted by Crippen LogP contribution is -2.38. The maximum absolute atomic E-state index is 4.28. The van der Waals surface area contributed by atoms with Crippen molar-refractivity contribution >= 4 is 11.8 Å². The fourth-order valence-corrected chi connectivity index (χ4v) is 1.20. The molecule has 0 amide bonds. The zero-order valence-electron chi connectivity index (χ0n) is 7.25. The molecule has 0 aliphatic rings. The van der Waals surface area contributed by atoms with Gasteiger partial charge in [-0.1, -0.05) is 16.4 Å². The second-order valence-electron chi connectivity index (χ2n) is 2.39. The number of aryl methyl sites for hydroxylation is 2. The molecule has 60 valence electrons. The highest BCUT2D eigenvalue weighted by Crippen LogP contribution is 2.06. The van der Waals surface area contributed by atoms with Crippen molar-refractivity contribution in [3.63, 3.8) is 0 Å². The van der Waals surface area contributed by atoms with E-state index in [4.69, 9.17) is 0 Å². The predicted molar refractivity (Wildman–Crippen MR) is 44.5 cm³/mol. The van der Waals surface area contributed by atoms with E-state index < -0.39 is 0 Å². The van der Waals surface area contributed by atoms with E-state index in [0.717, 1.165) is 16.5 Å². The molecular formula is C7H12N3S+. The van der Waals surface area contributed by atoms with Crippen molar-refractivity contribution in [3.8, 4) is 0 Å². The minimum atomic E-state index is 0.829. The first kappa shape index (κ1) is 8.46. The summed E-state index contributed by atoms with van der Waals surface area (Å²) in [7, 11) is 1.93. The summed E-state index contributed by atoms with van der Waals surface area (Å²) in [5.41, 5.74) is 2.16. The molecule has 0 aliphatic carbocycles. The van der Waals surface area contributed by atoms with Crippen LogP contribution in [0.4, 0.5) is 0 Å². The van der Waals surface area contributed by atoms with Gasteiger partial charge in [0.1, 0.15) is 5.69 Å². The van der Waals surface area contributed by atoms with E-state index in [2.05, 4.69) is 10.1 Å². The summed E-state index contributed by atoms with van der Waals surface area (Å²) in [6.07, 6.45) is 1.98. The predicted octanol–water partition coefficient (Wildman–Crippen LogP) is 0.640. The molecule has 0 saturated heterocycles. The van der Waals surface area contributed by atoms with Gasteiger partial charge in [-0.2, -0.15) is 0 Å². The second kappa shape index (κ2) is 3.17. The third-order valence-corrected chi connectivity index (χ3v) is 2.23. The van der Waals surface area contributed by atoms with E-state index in [1.54, 1.807) is 11.8 Å². The van der Waals surface area contributed by atoms with E-state index in [9.17, 15) is 0 Å². The van der Waals surface area contributed by atoms with Crippen LogP contribution in [-0.2, 0) is 7.05 Å². The van der Waals surface area contributed by atoms with Crippen LogP contribution in [0.3, 0.4) is 0 Å². The van der Waals surface area contributed by atoms with Crippen LogP contribution in [0.25, 0.3) is 0 Å². The molecule has 11 heavy (non-hydrogen) atoms. The van der Waals surface area contributed by atoms with Crippen LogP contribution in [-0.4, -0.2) is 16.3 Å². The fraction of sp³-hybridized carbons (Fsp3) is 0.571. The lowest BCUT2D eigenvalue weighted by atomic mass is 10.4. The zero-order valence-corrected chi connectivity index (χ0v) is 8.07. The van der Waals surface area contributed by atoms with Gasteiger partial charge in [0.25, 0.3) is 5.16 Å². The van der Waals surface area contributed by atoms with Gasteiger partial charge in [0.2, 0.25) is 5.69 Å². The van der Waals surface area contributed by atoms with Crippen LogP contribution >= 0.6 is 11.8 Å². The molecule has 0 aromatic carbocycles. The Labute approximate surface area is 70.9 Å². The van der Waals surface area contributed by atoms with E-state index in [0.29, 0.717) is 0 Å². The van der Waals surface area contributed by atoms with Crippen LogP contribution in [0, 0.1) is 13.8 Å². The Bertz CT molecular complexity index is 249. The molecule has 0 saturated carbocycles. The summed E-state index contributed by atoms with van der Waals surface area (Å²) >= 11 is 1.56. The summed E-state index contributed by atoms with van der Waals surface area (Å²) < 4.78 is 1.86. The molecular weight excluding hydrogens is 158 g/mol. The third kappa shape index (κ3) is 1.68. The highest BCUT2D eigenvalue weighted by Gasteiger charge is 2.09. The molecule has 0 spiro atoms. The Kier molecular flexibility index (Phi) is 2.44. The van der Waals surface area contributed by atoms with Crippen LogP contribution in [0.2, 0.25) is 0 Å². The molecule has 0 N–H and O–H groups in total. The molecule has 0 aliphatic heterocycles. The summed E-state index contributed by atoms with van der Waals surface area (Å²) in [5, 5.41) is 5.05. The average molecular weight is 170 g/mol. The number of rotatable bonds is 1. The molecule has 0 unspecified atom stereocenters. The Morgan fingerprint density at radius 2 is 2.00 bits per heavy atom. The van der Waals surface area contributed by atoms with Gasteiger partial charge in [0.15, 0.2) is 7.05 Å². The maximum atomic E-state index is 4.28. The highest BCUT2D eigenvalue weighted by molar-refractivity contribution is 7.98. The third-order valence-electron chi connectivity index (χ3n) is 1.69. The monoisotopic (exact) mass is 170 g/mol. The minimum Gasteiger partial charge on any atom is -0.216 e. The van der Waals surface area contributed by atoms with Crippen LogP contribution in [0.15, 0.2) is 5.16 Å². The second-order valence-corrected chi connectivity index (χ2v) is 3.17. The highest BCUT2D eigenvalue weighted by atomic mass is 32.2. The molecule has 1 aromatic rings. The van der Waals surface area contributed by atoms with Gasteiger partial charge >= 0.3 is 0 Å². The summed E-state index contributed by atoms with van der Waals surface area (Å²) in [6, 6.07) is 0. The zero-order chi connectivity index (χ0) is 8.43. The van der Waals surface area contributed by atoms with Crippen molar-refractivity contribution in [2.24, 2.45) is 7.05 Å². The minimum absolute atomic E-state index is 0.829. The van der Waals surface area contributed by atoms with Crippen molar-refractivity contribution < 1.29 is 4.68 Å². The topological polar surface area (TPSA) is 29.7 Å². The van der Waals surface area contributed by atoms with Crippen molar-refractivity contribution in [2.45, 2.75) is 19.0 Å². The Balaban J connectivity index is 3.21. The van der Waals surface area contributed by atoms with E-state index >= 15 is 0 Å². The van der Waals surface area contributed by atoms with E-state index in [1.807, 2.05) is 31.8 Å². The van der Waals surface area contributed by atoms with Crippen LogP contribution in [0.5, 0.6) is 0 Å². The van der Waals surface area contributed by atoms with E-state index in [1.165, 1.54) is 0 Å². The number of hydrogen-bond acceptors (Lipinski definition) is 3. The summed E-state index contributed by atoms with van der Waals surface area (Å²) in [5.74, 6) is 0. The first-order chi connectivity index (χ1) is 5.15. The van der Waals surface area contributed by atoms with Gasteiger partial charge in [-0.05, 0) is 13.2 Å². The molecule has 4 heteroatoms. The first-order valence-corrected chi connectivity index (χ1v) is 4.63. The molecule has 1 heterocycles. The van der Waals surface area contributed by atoms with Gasteiger partial charge in [-0.15, -0.1) is 0 Å². The van der Waals surface area contributed by atoms with Gasteiger partial charge in [-0.25, -0.2) is 4.98 Å². The van der Waals surface area contributed by atoms with Crippen LogP contribution < -0.4 is 4.68 Å². The van der Waals surface area contributed by atoms with Crippen molar-refractivity contribution in [3.05, 3.63) is 11.4 Å². The van der Waals surface area contributed by atoms with Gasteiger partial charge < -0.3 is 0 Å². The summed E-state index contributed by atoms with van der Waals surface area (Å²) in [6.45, 7) is 4.01. The smallest absolute Gasteiger partial charge is 0.216 e. The number of thioether (sulfide) groups is 1. The number of nitrogens with zero attached hydrogens (tertiary/aromatic N) is 3. The van der Waals surface area contributed by atoms with Crippen molar-refractivity contribution in [2.75, 3.05) is 6.26 Å². The van der Waals surface area contributed by atoms with Crippen LogP contribution in [0.1, 0.15) is 11.4 Å². The lowest BCUT2D eigenvalue weighted by molar-refractivity contribution is -0.741. The van der Waals surface area contributed by atoms with Crippen molar-refractivity contribution in [1.29, 1.82) is 0 Å². The molecule has 1 rings (SSSR count). The number of aromatic nitrogens is 3. The SMILES string of the molecule is CSc1nc(C)c(C)[n+](C)n1. The van der Waals surface area contributed by atoms with E-state index in [-0.39, 0.29) is 0 Å². The Morgan fingerprint density at radius 1 is 1.36 bits per heavy atom. The average Bonchev–Trinajstić information content (AvgIpc) is 1.99. The Morgan fingerprint density at radius 3 is 2.45 bits per heavy atom. The normalized spacial score (nSPS) is 10.2. The molecule has 1 aromatic heterocycles. The fourth-order valence-electron chi connectivity index (χ4n) is 0.771. The standard InChI is InChI=1S/C7H12N3S/c1-5-6(2)10(3)9-7(8-5)11-4/h1-4H3/q+1. The lowest BCUT2D eigenvalue weighted by Gasteiger charge is -1.96. The molecule has 0 radical (unpaired) electrons. The molecule has 3 nitrogen and oxygen atoms in total. The quantitative estimate of drug-likeness (QED) is 0.457. The molecule has 0 bridgehead atoms. The molecule has 0 fully saturated rings. The van der Waals surface area contributed by atoms with Gasteiger partial charge in [0, 0.05) is 12.0 Å². The number of hydrogen-bond donors (Lipinski definition) is 0. The van der Waals surface area contributed by atoms with Gasteiger partial charge in [-0.3, -0.25) is 0 Å². The first-order valence-electron chi connectivity index (χ1n) is 3.40. The largest absolute Gasteiger partial charge is 0.254 e. The van der Waals surface area contributed by atoms with Gasteiger partial charge in [0.05, 0.1) is 0 Å². The maximum Gasteiger partial charge on any atom is 0.254 e. The Hall–Kier alpha value is -0.640.